The van der Waals surface area contributed by atoms with Crippen molar-refractivity contribution in [2.24, 2.45) is 10.9 Å². The zero-order valence-corrected chi connectivity index (χ0v) is 22.5. The van der Waals surface area contributed by atoms with Crippen LogP contribution in [0.4, 0.5) is 0 Å². The molecule has 9 heteroatoms. The molecule has 1 aliphatic heterocycles. The van der Waals surface area contributed by atoms with Crippen molar-refractivity contribution in [2.45, 2.75) is 52.3 Å². The first kappa shape index (κ1) is 28.0. The van der Waals surface area contributed by atoms with Crippen molar-refractivity contribution in [1.82, 2.24) is 10.6 Å². The Morgan fingerprint density at radius 2 is 2.03 bits per heavy atom. The highest BCUT2D eigenvalue weighted by Gasteiger charge is 2.28. The minimum Gasteiger partial charge on any atom is -0.493 e. The fourth-order valence-electron chi connectivity index (χ4n) is 2.97. The van der Waals surface area contributed by atoms with E-state index < -0.39 is 14.6 Å². The van der Waals surface area contributed by atoms with Crippen LogP contribution in [0.1, 0.15) is 45.2 Å². The van der Waals surface area contributed by atoms with Crippen LogP contribution in [-0.2, 0) is 21.1 Å². The summed E-state index contributed by atoms with van der Waals surface area (Å²) in [6, 6.07) is 6.12. The topological polar surface area (TPSA) is 89.0 Å². The number of benzene rings is 1. The third-order valence-electron chi connectivity index (χ3n) is 5.07. The number of aryl methyl sites for hydroxylation is 1. The first-order valence-electron chi connectivity index (χ1n) is 10.7. The minimum absolute atomic E-state index is 0. The van der Waals surface area contributed by atoms with Crippen LogP contribution >= 0.6 is 24.0 Å². The molecule has 0 amide bonds. The summed E-state index contributed by atoms with van der Waals surface area (Å²) in [7, 11) is -3.18. The molecule has 1 unspecified atom stereocenters. The van der Waals surface area contributed by atoms with Gasteiger partial charge in [0.2, 0.25) is 0 Å². The van der Waals surface area contributed by atoms with Gasteiger partial charge in [0, 0.05) is 31.2 Å². The second-order valence-corrected chi connectivity index (χ2v) is 11.6. The maximum absolute atomic E-state index is 12.3. The molecule has 0 saturated carbocycles. The second kappa shape index (κ2) is 12.8. The van der Waals surface area contributed by atoms with E-state index in [0.717, 1.165) is 36.5 Å². The predicted octanol–water partition coefficient (Wildman–Crippen LogP) is 3.30. The van der Waals surface area contributed by atoms with E-state index in [1.165, 1.54) is 0 Å². The molecule has 31 heavy (non-hydrogen) atoms. The molecular weight excluding hydrogens is 529 g/mol. The highest BCUT2D eigenvalue weighted by molar-refractivity contribution is 14.0. The van der Waals surface area contributed by atoms with Gasteiger partial charge in [0.05, 0.1) is 30.3 Å². The van der Waals surface area contributed by atoms with Crippen LogP contribution in [0.3, 0.4) is 0 Å². The van der Waals surface area contributed by atoms with Gasteiger partial charge in [-0.25, -0.2) is 13.4 Å². The van der Waals surface area contributed by atoms with Crippen LogP contribution in [0.25, 0.3) is 0 Å². The second-order valence-electron chi connectivity index (χ2n) is 8.70. The number of nitrogens with zero attached hydrogens (tertiary/aromatic N) is 1. The van der Waals surface area contributed by atoms with Gasteiger partial charge in [0.25, 0.3) is 0 Å². The monoisotopic (exact) mass is 567 g/mol. The van der Waals surface area contributed by atoms with Crippen molar-refractivity contribution in [2.75, 3.05) is 38.7 Å². The molecule has 0 radical (unpaired) electrons. The standard InChI is InChI=1S/C22H37N3O4S.HI/c1-6-23-21(24-10-12-30(26,27)22(3,4)5)25-14-19-8-7-17(2)13-20(19)29-16-18-9-11-28-15-18;/h7-8,13,18H,6,9-12,14-16H2,1-5H3,(H2,23,24,25);1H. The molecule has 2 N–H and O–H groups in total. The van der Waals surface area contributed by atoms with E-state index in [4.69, 9.17) is 9.47 Å². The highest BCUT2D eigenvalue weighted by Crippen LogP contribution is 2.23. The molecule has 1 aromatic carbocycles. The first-order valence-corrected chi connectivity index (χ1v) is 12.3. The Labute approximate surface area is 204 Å². The van der Waals surface area contributed by atoms with E-state index >= 15 is 0 Å². The summed E-state index contributed by atoms with van der Waals surface area (Å²) >= 11 is 0. The number of guanidine groups is 1. The highest BCUT2D eigenvalue weighted by atomic mass is 127. The number of ether oxygens (including phenoxy) is 2. The first-order chi connectivity index (χ1) is 14.1. The van der Waals surface area contributed by atoms with E-state index in [2.05, 4.69) is 15.6 Å². The van der Waals surface area contributed by atoms with Crippen molar-refractivity contribution in [3.63, 3.8) is 0 Å². The van der Waals surface area contributed by atoms with Gasteiger partial charge in [-0.3, -0.25) is 0 Å². The summed E-state index contributed by atoms with van der Waals surface area (Å²) < 4.78 is 35.4. The third kappa shape index (κ3) is 9.13. The molecule has 0 bridgehead atoms. The number of hydrogen-bond acceptors (Lipinski definition) is 5. The van der Waals surface area contributed by atoms with Gasteiger partial charge < -0.3 is 20.1 Å². The summed E-state index contributed by atoms with van der Waals surface area (Å²) in [5, 5.41) is 6.30. The largest absolute Gasteiger partial charge is 0.493 e. The molecule has 1 aliphatic rings. The summed E-state index contributed by atoms with van der Waals surface area (Å²) in [4.78, 5) is 4.63. The Kier molecular flexibility index (Phi) is 11.6. The molecule has 0 aliphatic carbocycles. The molecule has 178 valence electrons. The maximum atomic E-state index is 12.3. The number of hydrogen-bond donors (Lipinski definition) is 2. The number of rotatable bonds is 9. The average molecular weight is 568 g/mol. The van der Waals surface area contributed by atoms with E-state index in [1.807, 2.05) is 32.0 Å². The van der Waals surface area contributed by atoms with Gasteiger partial charge in [0.15, 0.2) is 15.8 Å². The Bertz CT molecular complexity index is 817. The fraction of sp³-hybridized carbons (Fsp3) is 0.682. The molecule has 0 aromatic heterocycles. The molecule has 1 aromatic rings. The molecule has 1 heterocycles. The van der Waals surface area contributed by atoms with Crippen LogP contribution in [0.2, 0.25) is 0 Å². The van der Waals surface area contributed by atoms with Crippen LogP contribution in [0.15, 0.2) is 23.2 Å². The summed E-state index contributed by atoms with van der Waals surface area (Å²) in [5.41, 5.74) is 2.14. The minimum atomic E-state index is -3.18. The number of sulfone groups is 1. The Morgan fingerprint density at radius 1 is 1.29 bits per heavy atom. The van der Waals surface area contributed by atoms with Gasteiger partial charge >= 0.3 is 0 Å². The zero-order valence-electron chi connectivity index (χ0n) is 19.4. The van der Waals surface area contributed by atoms with Gasteiger partial charge in [-0.2, -0.15) is 0 Å². The smallest absolute Gasteiger partial charge is 0.191 e. The zero-order chi connectivity index (χ0) is 22.2. The Hall–Kier alpha value is -1.07. The SMILES string of the molecule is CCNC(=NCc1ccc(C)cc1OCC1CCOC1)NCCS(=O)(=O)C(C)(C)C.I. The van der Waals surface area contributed by atoms with Gasteiger partial charge in [0.1, 0.15) is 5.75 Å². The molecule has 1 saturated heterocycles. The van der Waals surface area contributed by atoms with Crippen molar-refractivity contribution < 1.29 is 17.9 Å². The summed E-state index contributed by atoms with van der Waals surface area (Å²) in [6.45, 7) is 12.8. The molecule has 1 fully saturated rings. The van der Waals surface area contributed by atoms with Crippen LogP contribution in [0, 0.1) is 12.8 Å². The van der Waals surface area contributed by atoms with Crippen LogP contribution < -0.4 is 15.4 Å². The number of nitrogens with one attached hydrogen (secondary N) is 2. The lowest BCUT2D eigenvalue weighted by atomic mass is 10.1. The Morgan fingerprint density at radius 3 is 2.65 bits per heavy atom. The lowest BCUT2D eigenvalue weighted by molar-refractivity contribution is 0.166. The number of aliphatic imine (C=N–C) groups is 1. The fourth-order valence-corrected chi connectivity index (χ4v) is 3.95. The normalized spacial score (nSPS) is 17.2. The lowest BCUT2D eigenvalue weighted by Gasteiger charge is -2.20. The quantitative estimate of drug-likeness (QED) is 0.271. The van der Waals surface area contributed by atoms with E-state index in [1.54, 1.807) is 20.8 Å². The lowest BCUT2D eigenvalue weighted by Crippen LogP contribution is -2.41. The van der Waals surface area contributed by atoms with Crippen molar-refractivity contribution in [1.29, 1.82) is 0 Å². The molecule has 7 nitrogen and oxygen atoms in total. The van der Waals surface area contributed by atoms with Crippen molar-refractivity contribution >= 4 is 39.8 Å². The molecule has 0 spiro atoms. The summed E-state index contributed by atoms with van der Waals surface area (Å²) in [6.07, 6.45) is 1.03. The van der Waals surface area contributed by atoms with E-state index in [0.29, 0.717) is 38.1 Å². The Balaban J connectivity index is 0.00000480. The molecule has 2 rings (SSSR count). The van der Waals surface area contributed by atoms with Crippen molar-refractivity contribution in [3.8, 4) is 5.75 Å². The van der Waals surface area contributed by atoms with Crippen LogP contribution in [0.5, 0.6) is 5.75 Å². The maximum Gasteiger partial charge on any atom is 0.191 e. The molecule has 1 atom stereocenters. The van der Waals surface area contributed by atoms with E-state index in [-0.39, 0.29) is 29.7 Å². The molecular formula is C22H38IN3O4S. The summed E-state index contributed by atoms with van der Waals surface area (Å²) in [5.74, 6) is 1.93. The number of halogens is 1. The van der Waals surface area contributed by atoms with Crippen LogP contribution in [-0.4, -0.2) is 57.8 Å². The van der Waals surface area contributed by atoms with Crippen molar-refractivity contribution in [3.05, 3.63) is 29.3 Å². The van der Waals surface area contributed by atoms with Gasteiger partial charge in [-0.15, -0.1) is 24.0 Å². The third-order valence-corrected chi connectivity index (χ3v) is 7.68. The van der Waals surface area contributed by atoms with Gasteiger partial charge in [-0.1, -0.05) is 12.1 Å². The average Bonchev–Trinajstić information content (AvgIpc) is 3.18. The van der Waals surface area contributed by atoms with E-state index in [9.17, 15) is 8.42 Å². The van der Waals surface area contributed by atoms with Gasteiger partial charge in [-0.05, 0) is 52.7 Å². The predicted molar refractivity (Wildman–Crippen MR) is 137 cm³/mol.